The lowest BCUT2D eigenvalue weighted by molar-refractivity contribution is 0.462. The van der Waals surface area contributed by atoms with E-state index in [2.05, 4.69) is 22.1 Å². The number of hydrogen-bond acceptors (Lipinski definition) is 4. The first kappa shape index (κ1) is 14.8. The summed E-state index contributed by atoms with van der Waals surface area (Å²) in [5.74, 6) is 1.14. The summed E-state index contributed by atoms with van der Waals surface area (Å²) in [5.41, 5.74) is 1.12. The van der Waals surface area contributed by atoms with Crippen molar-refractivity contribution in [1.82, 2.24) is 9.97 Å². The average molecular weight is 336 g/mol. The van der Waals surface area contributed by atoms with Crippen LogP contribution in [0, 0.1) is 12.7 Å². The molecule has 0 N–H and O–H groups in total. The summed E-state index contributed by atoms with van der Waals surface area (Å²) in [6.45, 7) is 1.82. The fourth-order valence-electron chi connectivity index (χ4n) is 2.46. The lowest BCUT2D eigenvalue weighted by atomic mass is 10.2. The van der Waals surface area contributed by atoms with Crippen LogP contribution in [0.1, 0.15) is 5.82 Å². The number of hydrogen-bond donors (Lipinski definition) is 0. The lowest BCUT2D eigenvalue weighted by Crippen LogP contribution is -1.93. The largest absolute Gasteiger partial charge is 0.438 e. The van der Waals surface area contributed by atoms with Crippen molar-refractivity contribution >= 4 is 21.6 Å². The van der Waals surface area contributed by atoms with Gasteiger partial charge in [-0.1, -0.05) is 36.4 Å². The fraction of sp³-hybridized carbons (Fsp3) is 0.0526. The zero-order chi connectivity index (χ0) is 16.5. The van der Waals surface area contributed by atoms with Gasteiger partial charge in [0.25, 0.3) is 0 Å². The van der Waals surface area contributed by atoms with Crippen LogP contribution in [0.15, 0.2) is 60.7 Å². The molecule has 24 heavy (non-hydrogen) atoms. The van der Waals surface area contributed by atoms with Gasteiger partial charge in [-0.2, -0.15) is 4.98 Å². The first-order valence-corrected chi connectivity index (χ1v) is 8.28. The third-order valence-electron chi connectivity index (χ3n) is 3.54. The van der Waals surface area contributed by atoms with E-state index in [9.17, 15) is 4.39 Å². The van der Waals surface area contributed by atoms with Crippen molar-refractivity contribution in [2.45, 2.75) is 6.92 Å². The van der Waals surface area contributed by atoms with Gasteiger partial charge in [0.15, 0.2) is 0 Å². The molecule has 0 fully saturated rings. The zero-order valence-corrected chi connectivity index (χ0v) is 13.7. The van der Waals surface area contributed by atoms with Crippen molar-refractivity contribution in [3.05, 3.63) is 72.3 Å². The standard InChI is InChI=1S/C19H13FN2OS/c1-12-21-18(23-15-9-5-8-14(20)10-15)16-11-17(24-19(16)22-12)13-6-3-2-4-7-13/h2-11H,1H3. The van der Waals surface area contributed by atoms with E-state index in [1.165, 1.54) is 12.1 Å². The second-order valence-electron chi connectivity index (χ2n) is 5.33. The molecule has 3 nitrogen and oxygen atoms in total. The number of rotatable bonds is 3. The van der Waals surface area contributed by atoms with Crippen LogP contribution in [0.5, 0.6) is 11.6 Å². The second-order valence-corrected chi connectivity index (χ2v) is 6.36. The number of aryl methyl sites for hydroxylation is 1. The number of aromatic nitrogens is 2. The summed E-state index contributed by atoms with van der Waals surface area (Å²) >= 11 is 1.59. The Morgan fingerprint density at radius 1 is 0.958 bits per heavy atom. The van der Waals surface area contributed by atoms with E-state index >= 15 is 0 Å². The van der Waals surface area contributed by atoms with Gasteiger partial charge in [0.2, 0.25) is 5.88 Å². The number of fused-ring (bicyclic) bond motifs is 1. The number of nitrogens with zero attached hydrogens (tertiary/aromatic N) is 2. The Kier molecular flexibility index (Phi) is 3.70. The van der Waals surface area contributed by atoms with Gasteiger partial charge in [-0.3, -0.25) is 0 Å². The summed E-state index contributed by atoms with van der Waals surface area (Å²) in [7, 11) is 0. The Balaban J connectivity index is 1.81. The molecule has 0 atom stereocenters. The molecule has 0 aliphatic carbocycles. The molecule has 4 rings (SSSR count). The molecule has 0 unspecified atom stereocenters. The molecule has 2 aromatic carbocycles. The second kappa shape index (κ2) is 6.02. The maximum absolute atomic E-state index is 13.4. The van der Waals surface area contributed by atoms with E-state index in [-0.39, 0.29) is 5.82 Å². The molecule has 0 aliphatic heterocycles. The van der Waals surface area contributed by atoms with Gasteiger partial charge in [0.05, 0.1) is 5.39 Å². The molecule has 4 aromatic rings. The van der Waals surface area contributed by atoms with E-state index < -0.39 is 0 Å². The van der Waals surface area contributed by atoms with Crippen molar-refractivity contribution in [2.75, 3.05) is 0 Å². The quantitative estimate of drug-likeness (QED) is 0.488. The Morgan fingerprint density at radius 3 is 2.58 bits per heavy atom. The summed E-state index contributed by atoms with van der Waals surface area (Å²) < 4.78 is 19.2. The third kappa shape index (κ3) is 2.86. The van der Waals surface area contributed by atoms with E-state index in [4.69, 9.17) is 4.74 Å². The van der Waals surface area contributed by atoms with E-state index in [1.54, 1.807) is 23.5 Å². The molecular weight excluding hydrogens is 323 g/mol. The van der Waals surface area contributed by atoms with Crippen LogP contribution in [0.2, 0.25) is 0 Å². The summed E-state index contributed by atoms with van der Waals surface area (Å²) in [5, 5.41) is 0.828. The Hall–Kier alpha value is -2.79. The highest BCUT2D eigenvalue weighted by atomic mass is 32.1. The monoisotopic (exact) mass is 336 g/mol. The third-order valence-corrected chi connectivity index (χ3v) is 4.62. The predicted octanol–water partition coefficient (Wildman–Crippen LogP) is 5.60. The fourth-order valence-corrected chi connectivity index (χ4v) is 3.53. The molecule has 0 spiro atoms. The molecule has 2 aromatic heterocycles. The Bertz CT molecular complexity index is 1010. The summed E-state index contributed by atoms with van der Waals surface area (Å²) in [4.78, 5) is 10.8. The predicted molar refractivity (Wildman–Crippen MR) is 94.1 cm³/mol. The molecule has 0 radical (unpaired) electrons. The highest BCUT2D eigenvalue weighted by Gasteiger charge is 2.13. The van der Waals surface area contributed by atoms with Crippen molar-refractivity contribution in [3.63, 3.8) is 0 Å². The molecule has 0 saturated heterocycles. The van der Waals surface area contributed by atoms with Crippen LogP contribution in [0.25, 0.3) is 20.7 Å². The van der Waals surface area contributed by atoms with Gasteiger partial charge < -0.3 is 4.74 Å². The maximum atomic E-state index is 13.4. The van der Waals surface area contributed by atoms with Crippen LogP contribution in [-0.4, -0.2) is 9.97 Å². The normalized spacial score (nSPS) is 10.9. The van der Waals surface area contributed by atoms with Crippen molar-refractivity contribution < 1.29 is 9.13 Å². The van der Waals surface area contributed by atoms with Gasteiger partial charge >= 0.3 is 0 Å². The first-order valence-electron chi connectivity index (χ1n) is 7.46. The summed E-state index contributed by atoms with van der Waals surface area (Å²) in [6.07, 6.45) is 0. The van der Waals surface area contributed by atoms with Gasteiger partial charge in [-0.15, -0.1) is 11.3 Å². The van der Waals surface area contributed by atoms with Gasteiger partial charge in [-0.05, 0) is 30.7 Å². The summed E-state index contributed by atoms with van der Waals surface area (Å²) in [6, 6.07) is 18.1. The van der Waals surface area contributed by atoms with E-state index in [0.717, 1.165) is 20.7 Å². The average Bonchev–Trinajstić information content (AvgIpc) is 3.00. The van der Waals surface area contributed by atoms with Crippen LogP contribution in [0.3, 0.4) is 0 Å². The minimum atomic E-state index is -0.343. The van der Waals surface area contributed by atoms with Gasteiger partial charge in [0.1, 0.15) is 22.2 Å². The van der Waals surface area contributed by atoms with E-state index in [1.807, 2.05) is 31.2 Å². The maximum Gasteiger partial charge on any atom is 0.231 e. The van der Waals surface area contributed by atoms with Gasteiger partial charge in [-0.25, -0.2) is 9.37 Å². The minimum Gasteiger partial charge on any atom is -0.438 e. The van der Waals surface area contributed by atoms with Crippen LogP contribution >= 0.6 is 11.3 Å². The van der Waals surface area contributed by atoms with Crippen LogP contribution in [0.4, 0.5) is 4.39 Å². The topological polar surface area (TPSA) is 35.0 Å². The number of benzene rings is 2. The van der Waals surface area contributed by atoms with Gasteiger partial charge in [0, 0.05) is 10.9 Å². The smallest absolute Gasteiger partial charge is 0.231 e. The molecule has 118 valence electrons. The molecule has 0 saturated carbocycles. The number of ether oxygens (including phenoxy) is 1. The van der Waals surface area contributed by atoms with Crippen molar-refractivity contribution in [1.29, 1.82) is 0 Å². The Morgan fingerprint density at radius 2 is 1.79 bits per heavy atom. The molecule has 5 heteroatoms. The molecule has 2 heterocycles. The minimum absolute atomic E-state index is 0.343. The molecular formula is C19H13FN2OS. The molecule has 0 amide bonds. The van der Waals surface area contributed by atoms with E-state index in [0.29, 0.717) is 17.5 Å². The first-order chi connectivity index (χ1) is 11.7. The van der Waals surface area contributed by atoms with Crippen molar-refractivity contribution in [3.8, 4) is 22.1 Å². The Labute approximate surface area is 142 Å². The zero-order valence-electron chi connectivity index (χ0n) is 12.9. The molecule has 0 aliphatic rings. The van der Waals surface area contributed by atoms with Crippen LogP contribution < -0.4 is 4.74 Å². The number of thiophene rings is 1. The van der Waals surface area contributed by atoms with Crippen molar-refractivity contribution in [2.24, 2.45) is 0 Å². The number of halogens is 1. The lowest BCUT2D eigenvalue weighted by Gasteiger charge is -2.06. The SMILES string of the molecule is Cc1nc(Oc2cccc(F)c2)c2cc(-c3ccccc3)sc2n1. The molecule has 0 bridgehead atoms. The highest BCUT2D eigenvalue weighted by Crippen LogP contribution is 2.37. The van der Waals surface area contributed by atoms with Crippen LogP contribution in [-0.2, 0) is 0 Å². The highest BCUT2D eigenvalue weighted by molar-refractivity contribution is 7.21.